The van der Waals surface area contributed by atoms with Crippen LogP contribution in [0.4, 0.5) is 5.82 Å². The number of carbonyl (C=O) groups is 1. The molecule has 25 heavy (non-hydrogen) atoms. The third kappa shape index (κ3) is 2.75. The fourth-order valence-corrected chi connectivity index (χ4v) is 4.30. The summed E-state index contributed by atoms with van der Waals surface area (Å²) in [7, 11) is -2.08. The van der Waals surface area contributed by atoms with Gasteiger partial charge in [-0.15, -0.1) is 0 Å². The number of amides is 1. The van der Waals surface area contributed by atoms with Gasteiger partial charge in [0.15, 0.2) is 5.82 Å². The molecule has 3 N–H and O–H groups in total. The quantitative estimate of drug-likeness (QED) is 0.776. The summed E-state index contributed by atoms with van der Waals surface area (Å²) < 4.78 is 26.1. The van der Waals surface area contributed by atoms with Crippen molar-refractivity contribution in [3.05, 3.63) is 41.1 Å². The molecular weight excluding hydrogens is 340 g/mol. The van der Waals surface area contributed by atoms with Gasteiger partial charge in [0.05, 0.1) is 4.90 Å². The second-order valence-electron chi connectivity index (χ2n) is 6.61. The van der Waals surface area contributed by atoms with Crippen molar-refractivity contribution >= 4 is 21.7 Å². The highest BCUT2D eigenvalue weighted by molar-refractivity contribution is 7.89. The van der Waals surface area contributed by atoms with Gasteiger partial charge in [0.2, 0.25) is 15.9 Å². The minimum atomic E-state index is -3.47. The lowest BCUT2D eigenvalue weighted by Gasteiger charge is -2.29. The molecule has 1 atom stereocenters. The number of fused-ring (bicyclic) bond motifs is 1. The topological polar surface area (TPSA) is 104 Å². The third-order valence-electron chi connectivity index (χ3n) is 5.20. The first-order valence-electron chi connectivity index (χ1n) is 8.41. The van der Waals surface area contributed by atoms with Gasteiger partial charge >= 0.3 is 0 Å². The molecule has 0 bridgehead atoms. The molecule has 132 valence electrons. The number of aromatic amines is 1. The highest BCUT2D eigenvalue weighted by Gasteiger charge is 2.35. The van der Waals surface area contributed by atoms with E-state index >= 15 is 0 Å². The van der Waals surface area contributed by atoms with Crippen LogP contribution in [0.5, 0.6) is 0 Å². The van der Waals surface area contributed by atoms with Crippen LogP contribution >= 0.6 is 0 Å². The van der Waals surface area contributed by atoms with E-state index in [1.807, 2.05) is 0 Å². The SMILES string of the molecule is CNS(=O)(=O)c1ccc(C2CC(=O)Nc3n[nH]c(C4CCC4)c32)cc1. The van der Waals surface area contributed by atoms with Gasteiger partial charge in [0, 0.05) is 29.5 Å². The fourth-order valence-electron chi connectivity index (χ4n) is 3.57. The molecule has 0 saturated heterocycles. The molecule has 2 aromatic rings. The Kier molecular flexibility index (Phi) is 3.88. The number of anilines is 1. The number of H-pyrrole nitrogens is 1. The summed E-state index contributed by atoms with van der Waals surface area (Å²) in [4.78, 5) is 12.3. The van der Waals surface area contributed by atoms with Gasteiger partial charge in [-0.25, -0.2) is 13.1 Å². The van der Waals surface area contributed by atoms with Gasteiger partial charge in [-0.3, -0.25) is 9.89 Å². The zero-order chi connectivity index (χ0) is 17.6. The molecule has 2 heterocycles. The Morgan fingerprint density at radius 1 is 1.20 bits per heavy atom. The maximum absolute atomic E-state index is 12.1. The van der Waals surface area contributed by atoms with E-state index in [1.165, 1.54) is 13.5 Å². The van der Waals surface area contributed by atoms with Gasteiger partial charge < -0.3 is 5.32 Å². The van der Waals surface area contributed by atoms with Crippen LogP contribution in [0.2, 0.25) is 0 Å². The summed E-state index contributed by atoms with van der Waals surface area (Å²) in [5, 5.41) is 10.2. The molecule has 0 spiro atoms. The number of hydrogen-bond donors (Lipinski definition) is 3. The maximum atomic E-state index is 12.1. The standard InChI is InChI=1S/C17H20N4O3S/c1-18-25(23,24)12-7-5-10(6-8-12)13-9-14(22)19-17-15(13)16(20-21-17)11-3-2-4-11/h5-8,11,13,18H,2-4,9H2,1H3,(H2,19,20,21,22). The molecule has 1 aliphatic carbocycles. The number of carbonyl (C=O) groups excluding carboxylic acids is 1. The largest absolute Gasteiger partial charge is 0.309 e. The zero-order valence-electron chi connectivity index (χ0n) is 13.9. The van der Waals surface area contributed by atoms with E-state index in [1.54, 1.807) is 24.3 Å². The van der Waals surface area contributed by atoms with Gasteiger partial charge in [-0.2, -0.15) is 5.10 Å². The number of nitrogens with zero attached hydrogens (tertiary/aromatic N) is 1. The maximum Gasteiger partial charge on any atom is 0.240 e. The average Bonchev–Trinajstić information content (AvgIpc) is 2.96. The van der Waals surface area contributed by atoms with Crippen LogP contribution < -0.4 is 10.0 Å². The molecule has 1 aromatic carbocycles. The smallest absolute Gasteiger partial charge is 0.240 e. The van der Waals surface area contributed by atoms with Gasteiger partial charge in [-0.05, 0) is 37.6 Å². The summed E-state index contributed by atoms with van der Waals surface area (Å²) in [6.07, 6.45) is 3.82. The zero-order valence-corrected chi connectivity index (χ0v) is 14.7. The van der Waals surface area contributed by atoms with Crippen molar-refractivity contribution in [2.45, 2.75) is 42.4 Å². The van der Waals surface area contributed by atoms with Crippen molar-refractivity contribution in [2.24, 2.45) is 0 Å². The van der Waals surface area contributed by atoms with Crippen molar-refractivity contribution in [2.75, 3.05) is 12.4 Å². The van der Waals surface area contributed by atoms with Crippen LogP contribution in [0.15, 0.2) is 29.2 Å². The molecule has 2 aliphatic rings. The second kappa shape index (κ2) is 5.96. The summed E-state index contributed by atoms with van der Waals surface area (Å²) in [5.74, 6) is 0.897. The van der Waals surface area contributed by atoms with Crippen molar-refractivity contribution in [3.8, 4) is 0 Å². The molecule has 1 aliphatic heterocycles. The van der Waals surface area contributed by atoms with Gasteiger partial charge in [0.1, 0.15) is 0 Å². The van der Waals surface area contributed by atoms with Crippen molar-refractivity contribution in [1.82, 2.24) is 14.9 Å². The summed E-state index contributed by atoms with van der Waals surface area (Å²) in [6.45, 7) is 0. The Balaban J connectivity index is 1.74. The molecule has 1 saturated carbocycles. The molecular formula is C17H20N4O3S. The first-order chi connectivity index (χ1) is 12.0. The molecule has 1 unspecified atom stereocenters. The highest BCUT2D eigenvalue weighted by atomic mass is 32.2. The lowest BCUT2D eigenvalue weighted by atomic mass is 9.77. The van der Waals surface area contributed by atoms with E-state index < -0.39 is 10.0 Å². The lowest BCUT2D eigenvalue weighted by Crippen LogP contribution is -2.25. The Morgan fingerprint density at radius 2 is 1.92 bits per heavy atom. The van der Waals surface area contributed by atoms with Crippen molar-refractivity contribution in [1.29, 1.82) is 0 Å². The van der Waals surface area contributed by atoms with Crippen LogP contribution in [0.3, 0.4) is 0 Å². The average molecular weight is 360 g/mol. The van der Waals surface area contributed by atoms with Crippen LogP contribution in [-0.4, -0.2) is 31.6 Å². The molecule has 7 nitrogen and oxygen atoms in total. The lowest BCUT2D eigenvalue weighted by molar-refractivity contribution is -0.116. The molecule has 1 fully saturated rings. The second-order valence-corrected chi connectivity index (χ2v) is 8.50. The predicted molar refractivity (Wildman–Crippen MR) is 93.0 cm³/mol. The molecule has 1 amide bonds. The first kappa shape index (κ1) is 16.3. The predicted octanol–water partition coefficient (Wildman–Crippen LogP) is 2.06. The fraction of sp³-hybridized carbons (Fsp3) is 0.412. The van der Waals surface area contributed by atoms with Crippen LogP contribution in [0, 0.1) is 0 Å². The van der Waals surface area contributed by atoms with Crippen LogP contribution in [-0.2, 0) is 14.8 Å². The number of aromatic nitrogens is 2. The van der Waals surface area contributed by atoms with Gasteiger partial charge in [0.25, 0.3) is 0 Å². The number of nitrogens with one attached hydrogen (secondary N) is 3. The monoisotopic (exact) mass is 360 g/mol. The van der Waals surface area contributed by atoms with E-state index in [0.29, 0.717) is 18.2 Å². The minimum absolute atomic E-state index is 0.0731. The Bertz CT molecular complexity index is 914. The first-order valence-corrected chi connectivity index (χ1v) is 9.89. The Hall–Kier alpha value is -2.19. The molecule has 4 rings (SSSR count). The summed E-state index contributed by atoms with van der Waals surface area (Å²) in [5.41, 5.74) is 3.08. The molecule has 1 aromatic heterocycles. The van der Waals surface area contributed by atoms with Crippen LogP contribution in [0.25, 0.3) is 0 Å². The molecule has 8 heteroatoms. The normalized spacial score (nSPS) is 20.7. The van der Waals surface area contributed by atoms with E-state index in [9.17, 15) is 13.2 Å². The highest BCUT2D eigenvalue weighted by Crippen LogP contribution is 2.45. The number of benzene rings is 1. The Morgan fingerprint density at radius 3 is 2.52 bits per heavy atom. The van der Waals surface area contributed by atoms with E-state index in [2.05, 4.69) is 20.2 Å². The van der Waals surface area contributed by atoms with Gasteiger partial charge in [-0.1, -0.05) is 18.6 Å². The van der Waals surface area contributed by atoms with Crippen LogP contribution in [0.1, 0.15) is 54.3 Å². The number of sulfonamides is 1. The number of hydrogen-bond acceptors (Lipinski definition) is 4. The minimum Gasteiger partial charge on any atom is -0.309 e. The summed E-state index contributed by atoms with van der Waals surface area (Å²) >= 11 is 0. The Labute approximate surface area is 146 Å². The van der Waals surface area contributed by atoms with Crippen molar-refractivity contribution < 1.29 is 13.2 Å². The van der Waals surface area contributed by atoms with E-state index in [4.69, 9.17) is 0 Å². The van der Waals surface area contributed by atoms with Crippen molar-refractivity contribution in [3.63, 3.8) is 0 Å². The van der Waals surface area contributed by atoms with E-state index in [-0.39, 0.29) is 16.7 Å². The third-order valence-corrected chi connectivity index (χ3v) is 6.63. The molecule has 0 radical (unpaired) electrons. The summed E-state index contributed by atoms with van der Waals surface area (Å²) in [6, 6.07) is 6.73. The van der Waals surface area contributed by atoms with E-state index in [0.717, 1.165) is 29.7 Å². The number of rotatable bonds is 4.